The number of benzene rings is 2. The zero-order valence-corrected chi connectivity index (χ0v) is 13.0. The van der Waals surface area contributed by atoms with Crippen molar-refractivity contribution in [1.82, 2.24) is 0 Å². The highest BCUT2D eigenvalue weighted by atomic mass is 16.8. The van der Waals surface area contributed by atoms with Crippen LogP contribution in [0.15, 0.2) is 42.5 Å². The van der Waals surface area contributed by atoms with Crippen molar-refractivity contribution in [2.45, 2.75) is 6.10 Å². The third-order valence-corrected chi connectivity index (χ3v) is 5.51. The Bertz CT molecular complexity index is 717. The Morgan fingerprint density at radius 1 is 1.04 bits per heavy atom. The fourth-order valence-electron chi connectivity index (χ4n) is 4.37. The van der Waals surface area contributed by atoms with E-state index in [1.807, 2.05) is 24.3 Å². The van der Waals surface area contributed by atoms with E-state index in [1.165, 1.54) is 5.39 Å². The van der Waals surface area contributed by atoms with Crippen LogP contribution in [0.5, 0.6) is 5.75 Å². The minimum atomic E-state index is -1.59. The number of nitrogens with zero attached hydrogens (tertiary/aromatic N) is 1. The second kappa shape index (κ2) is 4.95. The minimum Gasteiger partial charge on any atom is -0.490 e. The van der Waals surface area contributed by atoms with Crippen molar-refractivity contribution in [3.8, 4) is 5.75 Å². The van der Waals surface area contributed by atoms with Crippen molar-refractivity contribution in [2.75, 3.05) is 39.5 Å². The molecular formula is C17H20BNO4. The van der Waals surface area contributed by atoms with Crippen LogP contribution < -0.4 is 4.74 Å². The van der Waals surface area contributed by atoms with Crippen LogP contribution in [0.2, 0.25) is 0 Å². The Morgan fingerprint density at radius 2 is 1.83 bits per heavy atom. The van der Waals surface area contributed by atoms with Crippen molar-refractivity contribution >= 4 is 17.7 Å². The summed E-state index contributed by atoms with van der Waals surface area (Å²) < 4.78 is 24.8. The monoisotopic (exact) mass is 313 g/mol. The number of fused-ring (bicyclic) bond motifs is 1. The van der Waals surface area contributed by atoms with Gasteiger partial charge in [0, 0.05) is 5.39 Å². The van der Waals surface area contributed by atoms with E-state index in [0.717, 1.165) is 48.4 Å². The topological polar surface area (TPSA) is 36.9 Å². The van der Waals surface area contributed by atoms with Crippen LogP contribution in [0, 0.1) is 0 Å². The molecule has 120 valence electrons. The summed E-state index contributed by atoms with van der Waals surface area (Å²) in [5, 5.41) is 2.33. The first-order chi connectivity index (χ1) is 11.3. The molecule has 23 heavy (non-hydrogen) atoms. The molecule has 3 heterocycles. The van der Waals surface area contributed by atoms with Gasteiger partial charge in [-0.25, -0.2) is 0 Å². The summed E-state index contributed by atoms with van der Waals surface area (Å²) in [7, 11) is 0. The minimum absolute atomic E-state index is 0.0227. The van der Waals surface area contributed by atoms with Crippen LogP contribution in [0.3, 0.4) is 0 Å². The molecule has 2 aromatic carbocycles. The van der Waals surface area contributed by atoms with Crippen molar-refractivity contribution in [1.29, 1.82) is 0 Å². The Labute approximate surface area is 135 Å². The molecule has 0 radical (unpaired) electrons. The lowest BCUT2D eigenvalue weighted by Gasteiger charge is -2.37. The molecule has 3 saturated heterocycles. The highest BCUT2D eigenvalue weighted by molar-refractivity contribution is 6.54. The average molecular weight is 313 g/mol. The molecular weight excluding hydrogens is 293 g/mol. The van der Waals surface area contributed by atoms with Gasteiger partial charge in [-0.1, -0.05) is 36.4 Å². The summed E-state index contributed by atoms with van der Waals surface area (Å²) in [6.45, 7) is 3.31. The lowest BCUT2D eigenvalue weighted by Crippen LogP contribution is -2.59. The molecule has 1 atom stereocenters. The SMILES string of the molecule is c1ccc2c(OCC3C[N+]45CCO[B-]4(OCC5)O3)cccc2c1. The lowest BCUT2D eigenvalue weighted by molar-refractivity contribution is -0.816. The van der Waals surface area contributed by atoms with E-state index < -0.39 is 6.89 Å². The molecule has 5 rings (SSSR count). The zero-order valence-electron chi connectivity index (χ0n) is 13.0. The van der Waals surface area contributed by atoms with Crippen molar-refractivity contribution in [3.05, 3.63) is 42.5 Å². The molecule has 5 nitrogen and oxygen atoms in total. The van der Waals surface area contributed by atoms with Gasteiger partial charge in [0.05, 0.1) is 32.8 Å². The van der Waals surface area contributed by atoms with Gasteiger partial charge in [-0.05, 0) is 11.5 Å². The van der Waals surface area contributed by atoms with Gasteiger partial charge in [-0.3, -0.25) is 0 Å². The first-order valence-corrected chi connectivity index (χ1v) is 8.36. The summed E-state index contributed by atoms with van der Waals surface area (Å²) in [5.41, 5.74) is 0. The first kappa shape index (κ1) is 13.8. The number of ether oxygens (including phenoxy) is 1. The van der Waals surface area contributed by atoms with E-state index in [4.69, 9.17) is 18.7 Å². The van der Waals surface area contributed by atoms with Crippen molar-refractivity contribution in [3.63, 3.8) is 0 Å². The normalized spacial score (nSPS) is 35.4. The molecule has 0 bridgehead atoms. The summed E-state index contributed by atoms with van der Waals surface area (Å²) in [6, 6.07) is 14.4. The van der Waals surface area contributed by atoms with E-state index in [1.54, 1.807) is 0 Å². The predicted molar refractivity (Wildman–Crippen MR) is 86.8 cm³/mol. The van der Waals surface area contributed by atoms with Crippen LogP contribution in [0.1, 0.15) is 0 Å². The quantitative estimate of drug-likeness (QED) is 0.812. The summed E-state index contributed by atoms with van der Waals surface area (Å²) in [5.74, 6) is 0.908. The smallest absolute Gasteiger partial charge is 0.490 e. The Kier molecular flexibility index (Phi) is 2.97. The van der Waals surface area contributed by atoms with Crippen molar-refractivity contribution < 1.29 is 23.1 Å². The average Bonchev–Trinajstić information content (AvgIpc) is 3.14. The van der Waals surface area contributed by atoms with E-state index in [2.05, 4.69) is 18.2 Å². The van der Waals surface area contributed by atoms with E-state index in [9.17, 15) is 0 Å². The maximum Gasteiger partial charge on any atom is 0.625 e. The van der Waals surface area contributed by atoms with Gasteiger partial charge in [-0.2, -0.15) is 0 Å². The molecule has 1 unspecified atom stereocenters. The van der Waals surface area contributed by atoms with E-state index >= 15 is 0 Å². The van der Waals surface area contributed by atoms with Gasteiger partial charge < -0.3 is 23.1 Å². The van der Waals surface area contributed by atoms with Crippen LogP contribution >= 0.6 is 0 Å². The summed E-state index contributed by atoms with van der Waals surface area (Å²) in [6.07, 6.45) is 0.0227. The van der Waals surface area contributed by atoms with Gasteiger partial charge in [-0.15, -0.1) is 0 Å². The molecule has 0 aromatic heterocycles. The largest absolute Gasteiger partial charge is 0.625 e. The van der Waals surface area contributed by atoms with Gasteiger partial charge in [0.15, 0.2) is 0 Å². The standard InChI is InChI=1S/C17H20BNO4/c1-2-6-16-14(4-1)5-3-7-17(16)20-13-15-12-19-8-10-21-18(19,23-15)22-11-9-19/h1-7,15H,8-13H2. The van der Waals surface area contributed by atoms with Crippen molar-refractivity contribution in [2.24, 2.45) is 0 Å². The molecule has 3 aliphatic rings. The van der Waals surface area contributed by atoms with Gasteiger partial charge in [0.2, 0.25) is 0 Å². The van der Waals surface area contributed by atoms with Crippen LogP contribution in [0.4, 0.5) is 0 Å². The second-order valence-corrected chi connectivity index (χ2v) is 6.74. The molecule has 0 N–H and O–H groups in total. The maximum atomic E-state index is 6.19. The molecule has 0 amide bonds. The molecule has 3 aliphatic heterocycles. The molecule has 0 spiro atoms. The lowest BCUT2D eigenvalue weighted by atomic mass is 9.94. The molecule has 0 aliphatic carbocycles. The van der Waals surface area contributed by atoms with Crippen LogP contribution in [-0.2, 0) is 14.0 Å². The zero-order chi connectivity index (χ0) is 15.3. The Morgan fingerprint density at radius 3 is 2.65 bits per heavy atom. The molecule has 0 saturated carbocycles. The molecule has 3 fully saturated rings. The number of rotatable bonds is 3. The van der Waals surface area contributed by atoms with E-state index in [-0.39, 0.29) is 6.10 Å². The van der Waals surface area contributed by atoms with Gasteiger partial charge >= 0.3 is 6.89 Å². The van der Waals surface area contributed by atoms with Crippen LogP contribution in [0.25, 0.3) is 10.8 Å². The highest BCUT2D eigenvalue weighted by Gasteiger charge is 2.66. The molecule has 6 heteroatoms. The number of hydrogen-bond donors (Lipinski definition) is 0. The fourth-order valence-corrected chi connectivity index (χ4v) is 4.37. The third-order valence-electron chi connectivity index (χ3n) is 5.51. The highest BCUT2D eigenvalue weighted by Crippen LogP contribution is 2.41. The van der Waals surface area contributed by atoms with Gasteiger partial charge in [0.1, 0.15) is 18.5 Å². The fraction of sp³-hybridized carbons (Fsp3) is 0.412. The second-order valence-electron chi connectivity index (χ2n) is 6.74. The number of hydrogen-bond acceptors (Lipinski definition) is 4. The van der Waals surface area contributed by atoms with Crippen LogP contribution in [-0.4, -0.2) is 56.8 Å². The first-order valence-electron chi connectivity index (χ1n) is 8.36. The summed E-state index contributed by atoms with van der Waals surface area (Å²) in [4.78, 5) is 0. The number of quaternary nitrogens is 1. The predicted octanol–water partition coefficient (Wildman–Crippen LogP) is 1.93. The Balaban J connectivity index is 1.34. The van der Waals surface area contributed by atoms with Gasteiger partial charge in [0.25, 0.3) is 0 Å². The summed E-state index contributed by atoms with van der Waals surface area (Å²) >= 11 is 0. The molecule has 2 aromatic rings. The third kappa shape index (κ3) is 1.96. The Hall–Kier alpha value is -1.60. The van der Waals surface area contributed by atoms with E-state index in [0.29, 0.717) is 6.61 Å². The maximum absolute atomic E-state index is 6.19.